The minimum absolute atomic E-state index is 0.797. The van der Waals surface area contributed by atoms with Gasteiger partial charge < -0.3 is 9.55 Å². The second-order valence-corrected chi connectivity index (χ2v) is 7.46. The van der Waals surface area contributed by atoms with Gasteiger partial charge in [-0.25, -0.2) is 9.97 Å². The second-order valence-electron chi connectivity index (χ2n) is 7.46. The van der Waals surface area contributed by atoms with E-state index in [1.165, 1.54) is 0 Å². The molecule has 0 radical (unpaired) electrons. The molecule has 6 aromatic rings. The van der Waals surface area contributed by atoms with E-state index in [0.29, 0.717) is 0 Å². The predicted octanol–water partition coefficient (Wildman–Crippen LogP) is 4.27. The fourth-order valence-electron chi connectivity index (χ4n) is 3.90. The van der Waals surface area contributed by atoms with Gasteiger partial charge in [-0.3, -0.25) is 15.1 Å². The number of nitrogens with one attached hydrogen (secondary N) is 2. The number of nitrogens with zero attached hydrogens (tertiary/aromatic N) is 6. The number of aryl methyl sites for hydroxylation is 1. The van der Waals surface area contributed by atoms with Gasteiger partial charge in [0.2, 0.25) is 0 Å². The highest BCUT2D eigenvalue weighted by molar-refractivity contribution is 5.99. The zero-order chi connectivity index (χ0) is 20.9. The van der Waals surface area contributed by atoms with Crippen molar-refractivity contribution < 1.29 is 0 Å². The molecule has 6 heterocycles. The molecule has 0 bridgehead atoms. The summed E-state index contributed by atoms with van der Waals surface area (Å²) in [6, 6.07) is 12.0. The molecule has 31 heavy (non-hydrogen) atoms. The SMILES string of the molecule is Cc1ncc(-c2cc3c(-c4cc5c(-c6ccccn6)ccnc5[nH]4)n[nH]c3cn2)n1C. The molecule has 150 valence electrons. The first kappa shape index (κ1) is 17.5. The predicted molar refractivity (Wildman–Crippen MR) is 119 cm³/mol. The summed E-state index contributed by atoms with van der Waals surface area (Å²) in [7, 11) is 1.99. The average molecular weight is 406 g/mol. The number of hydrogen-bond acceptors (Lipinski definition) is 5. The van der Waals surface area contributed by atoms with E-state index in [2.05, 4.69) is 41.2 Å². The lowest BCUT2D eigenvalue weighted by molar-refractivity contribution is 0.862. The lowest BCUT2D eigenvalue weighted by atomic mass is 10.1. The van der Waals surface area contributed by atoms with Crippen LogP contribution in [0.25, 0.3) is 56.0 Å². The molecule has 0 fully saturated rings. The molecule has 0 saturated carbocycles. The minimum Gasteiger partial charge on any atom is -0.338 e. The van der Waals surface area contributed by atoms with Crippen LogP contribution in [0.15, 0.2) is 61.2 Å². The van der Waals surface area contributed by atoms with Gasteiger partial charge in [0.1, 0.15) is 17.2 Å². The number of aromatic amines is 2. The molecule has 0 atom stereocenters. The summed E-state index contributed by atoms with van der Waals surface area (Å²) in [5.41, 5.74) is 7.12. The summed E-state index contributed by atoms with van der Waals surface area (Å²) in [6.07, 6.45) is 7.24. The third-order valence-corrected chi connectivity index (χ3v) is 5.66. The van der Waals surface area contributed by atoms with Gasteiger partial charge in [-0.2, -0.15) is 5.10 Å². The molecule has 0 amide bonds. The van der Waals surface area contributed by atoms with Crippen molar-refractivity contribution in [1.29, 1.82) is 0 Å². The van der Waals surface area contributed by atoms with Gasteiger partial charge in [0.05, 0.1) is 40.7 Å². The minimum atomic E-state index is 0.797. The Kier molecular flexibility index (Phi) is 3.73. The molecule has 0 unspecified atom stereocenters. The van der Waals surface area contributed by atoms with Gasteiger partial charge in [-0.05, 0) is 37.3 Å². The zero-order valence-electron chi connectivity index (χ0n) is 17.0. The highest BCUT2D eigenvalue weighted by Crippen LogP contribution is 2.33. The number of pyridine rings is 3. The maximum Gasteiger partial charge on any atom is 0.138 e. The summed E-state index contributed by atoms with van der Waals surface area (Å²) < 4.78 is 2.03. The number of hydrogen-bond donors (Lipinski definition) is 2. The van der Waals surface area contributed by atoms with Crippen LogP contribution in [0, 0.1) is 6.92 Å². The monoisotopic (exact) mass is 406 g/mol. The fraction of sp³-hybridized carbons (Fsp3) is 0.0870. The van der Waals surface area contributed by atoms with Crippen molar-refractivity contribution in [1.82, 2.24) is 39.7 Å². The van der Waals surface area contributed by atoms with E-state index in [4.69, 9.17) is 0 Å². The summed E-state index contributed by atoms with van der Waals surface area (Å²) in [4.78, 5) is 21.4. The lowest BCUT2D eigenvalue weighted by Crippen LogP contribution is -1.95. The Morgan fingerprint density at radius 1 is 0.871 bits per heavy atom. The first-order valence-corrected chi connectivity index (χ1v) is 9.91. The van der Waals surface area contributed by atoms with E-state index < -0.39 is 0 Å². The van der Waals surface area contributed by atoms with Crippen molar-refractivity contribution in [2.75, 3.05) is 0 Å². The van der Waals surface area contributed by atoms with E-state index in [-0.39, 0.29) is 0 Å². The van der Waals surface area contributed by atoms with Crippen LogP contribution in [0.4, 0.5) is 0 Å². The van der Waals surface area contributed by atoms with Crippen LogP contribution in [0.3, 0.4) is 0 Å². The first-order valence-electron chi connectivity index (χ1n) is 9.91. The molecule has 0 aromatic carbocycles. The molecule has 8 nitrogen and oxygen atoms in total. The quantitative estimate of drug-likeness (QED) is 0.457. The second kappa shape index (κ2) is 6.60. The van der Waals surface area contributed by atoms with Gasteiger partial charge in [0, 0.05) is 35.8 Å². The van der Waals surface area contributed by atoms with Crippen LogP contribution < -0.4 is 0 Å². The summed E-state index contributed by atoms with van der Waals surface area (Å²) in [5, 5.41) is 9.64. The standard InChI is InChI=1S/C23H18N8/c1-13-26-12-21(31(13)2)18-10-16-20(11-27-18)29-30-22(16)19-9-15-14(6-8-25-23(15)28-19)17-5-3-4-7-24-17/h3-12H,1-2H3,(H,25,28)(H,29,30). The van der Waals surface area contributed by atoms with E-state index in [0.717, 1.165) is 61.8 Å². The summed E-state index contributed by atoms with van der Waals surface area (Å²) in [6.45, 7) is 1.97. The molecule has 0 aliphatic carbocycles. The number of rotatable bonds is 3. The molecule has 8 heteroatoms. The van der Waals surface area contributed by atoms with Crippen LogP contribution in [-0.2, 0) is 7.05 Å². The number of aromatic nitrogens is 8. The Labute approximate surface area is 177 Å². The molecular weight excluding hydrogens is 388 g/mol. The van der Waals surface area contributed by atoms with E-state index in [1.54, 1.807) is 12.4 Å². The van der Waals surface area contributed by atoms with Crippen molar-refractivity contribution in [3.63, 3.8) is 0 Å². The Hall–Kier alpha value is -4.33. The van der Waals surface area contributed by atoms with Gasteiger partial charge in [0.15, 0.2) is 0 Å². The average Bonchev–Trinajstić information content (AvgIpc) is 3.50. The molecular formula is C23H18N8. The van der Waals surface area contributed by atoms with E-state index >= 15 is 0 Å². The highest BCUT2D eigenvalue weighted by Gasteiger charge is 2.16. The molecule has 0 aliphatic rings. The smallest absolute Gasteiger partial charge is 0.138 e. The topological polar surface area (TPSA) is 101 Å². The largest absolute Gasteiger partial charge is 0.338 e. The van der Waals surface area contributed by atoms with Gasteiger partial charge >= 0.3 is 0 Å². The van der Waals surface area contributed by atoms with Crippen molar-refractivity contribution in [3.05, 3.63) is 67.0 Å². The molecule has 0 saturated heterocycles. The number of fused-ring (bicyclic) bond motifs is 2. The first-order chi connectivity index (χ1) is 15.2. The maximum atomic E-state index is 4.59. The van der Waals surface area contributed by atoms with Crippen molar-refractivity contribution in [2.45, 2.75) is 6.92 Å². The normalized spacial score (nSPS) is 11.5. The molecule has 6 aromatic heterocycles. The fourth-order valence-corrected chi connectivity index (χ4v) is 3.90. The van der Waals surface area contributed by atoms with E-state index in [9.17, 15) is 0 Å². The van der Waals surface area contributed by atoms with Crippen molar-refractivity contribution in [3.8, 4) is 34.0 Å². The van der Waals surface area contributed by atoms with Gasteiger partial charge in [-0.15, -0.1) is 0 Å². The Morgan fingerprint density at radius 2 is 1.81 bits per heavy atom. The van der Waals surface area contributed by atoms with Crippen LogP contribution in [0.2, 0.25) is 0 Å². The van der Waals surface area contributed by atoms with Gasteiger partial charge in [0.25, 0.3) is 0 Å². The van der Waals surface area contributed by atoms with Crippen LogP contribution in [0.5, 0.6) is 0 Å². The van der Waals surface area contributed by atoms with Crippen LogP contribution in [-0.4, -0.2) is 39.7 Å². The van der Waals surface area contributed by atoms with Crippen LogP contribution in [0.1, 0.15) is 5.82 Å². The highest BCUT2D eigenvalue weighted by atomic mass is 15.1. The third kappa shape index (κ3) is 2.72. The maximum absolute atomic E-state index is 4.59. The third-order valence-electron chi connectivity index (χ3n) is 5.66. The Bertz CT molecular complexity index is 1560. The number of H-pyrrole nitrogens is 2. The Morgan fingerprint density at radius 3 is 2.61 bits per heavy atom. The Balaban J connectivity index is 1.52. The molecule has 6 rings (SSSR count). The molecule has 0 spiro atoms. The van der Waals surface area contributed by atoms with E-state index in [1.807, 2.05) is 61.3 Å². The lowest BCUT2D eigenvalue weighted by Gasteiger charge is -2.03. The van der Waals surface area contributed by atoms with Crippen LogP contribution >= 0.6 is 0 Å². The van der Waals surface area contributed by atoms with Gasteiger partial charge in [-0.1, -0.05) is 6.07 Å². The molecule has 2 N–H and O–H groups in total. The number of imidazole rings is 1. The summed E-state index contributed by atoms with van der Waals surface area (Å²) in [5.74, 6) is 0.938. The van der Waals surface area contributed by atoms with Crippen molar-refractivity contribution in [2.24, 2.45) is 7.05 Å². The van der Waals surface area contributed by atoms with Crippen molar-refractivity contribution >= 4 is 21.9 Å². The molecule has 0 aliphatic heterocycles. The zero-order valence-corrected chi connectivity index (χ0v) is 17.0. The summed E-state index contributed by atoms with van der Waals surface area (Å²) >= 11 is 0.